The molecule has 0 saturated carbocycles. The minimum Gasteiger partial charge on any atom is -0.477 e. The van der Waals surface area contributed by atoms with Crippen LogP contribution in [0.5, 0.6) is 0 Å². The van der Waals surface area contributed by atoms with Gasteiger partial charge in [0.15, 0.2) is 0 Å². The predicted octanol–water partition coefficient (Wildman–Crippen LogP) is 0.850. The number of hydrogen-bond acceptors (Lipinski definition) is 5. The SMILES string of the molecule is Cn1cc(S(=O)(=O)NCC2CSCCS2)cc1C(=O)O. The molecule has 1 fully saturated rings. The highest BCUT2D eigenvalue weighted by Crippen LogP contribution is 2.24. The van der Waals surface area contributed by atoms with Gasteiger partial charge in [-0.1, -0.05) is 0 Å². The quantitative estimate of drug-likeness (QED) is 0.829. The Morgan fingerprint density at radius 2 is 2.30 bits per heavy atom. The summed E-state index contributed by atoms with van der Waals surface area (Å²) in [7, 11) is -2.14. The smallest absolute Gasteiger partial charge is 0.352 e. The molecule has 6 nitrogen and oxygen atoms in total. The van der Waals surface area contributed by atoms with Crippen LogP contribution in [0.2, 0.25) is 0 Å². The van der Waals surface area contributed by atoms with Crippen LogP contribution in [0, 0.1) is 0 Å². The van der Waals surface area contributed by atoms with Gasteiger partial charge in [-0.3, -0.25) is 0 Å². The fourth-order valence-corrected chi connectivity index (χ4v) is 5.70. The topological polar surface area (TPSA) is 88.4 Å². The molecule has 1 atom stereocenters. The highest BCUT2D eigenvalue weighted by molar-refractivity contribution is 8.06. The largest absolute Gasteiger partial charge is 0.477 e. The summed E-state index contributed by atoms with van der Waals surface area (Å²) in [6.07, 6.45) is 1.31. The van der Waals surface area contributed by atoms with E-state index >= 15 is 0 Å². The van der Waals surface area contributed by atoms with Crippen molar-refractivity contribution in [3.8, 4) is 0 Å². The molecule has 112 valence electrons. The second-order valence-electron chi connectivity index (χ2n) is 4.40. The van der Waals surface area contributed by atoms with Crippen LogP contribution in [-0.2, 0) is 17.1 Å². The van der Waals surface area contributed by atoms with Crippen molar-refractivity contribution in [2.45, 2.75) is 10.1 Å². The third kappa shape index (κ3) is 3.72. The van der Waals surface area contributed by atoms with Crippen molar-refractivity contribution in [1.82, 2.24) is 9.29 Å². The molecular weight excluding hydrogens is 320 g/mol. The molecule has 0 bridgehead atoms. The van der Waals surface area contributed by atoms with Crippen molar-refractivity contribution in [2.24, 2.45) is 7.05 Å². The monoisotopic (exact) mass is 336 g/mol. The Morgan fingerprint density at radius 3 is 2.85 bits per heavy atom. The molecule has 9 heteroatoms. The maximum atomic E-state index is 12.1. The molecule has 0 amide bonds. The van der Waals surface area contributed by atoms with Crippen LogP contribution in [0.3, 0.4) is 0 Å². The van der Waals surface area contributed by atoms with Gasteiger partial charge in [0.1, 0.15) is 10.6 Å². The lowest BCUT2D eigenvalue weighted by atomic mass is 10.4. The molecular formula is C11H16N2O4S3. The Labute approximate surface area is 126 Å². The highest BCUT2D eigenvalue weighted by Gasteiger charge is 2.22. The summed E-state index contributed by atoms with van der Waals surface area (Å²) in [5.74, 6) is 1.93. The van der Waals surface area contributed by atoms with Crippen molar-refractivity contribution in [3.63, 3.8) is 0 Å². The molecule has 2 rings (SSSR count). The van der Waals surface area contributed by atoms with E-state index in [1.165, 1.54) is 23.9 Å². The zero-order chi connectivity index (χ0) is 14.8. The molecule has 0 aliphatic carbocycles. The number of hydrogen-bond donors (Lipinski definition) is 2. The number of carboxylic acids is 1. The van der Waals surface area contributed by atoms with Gasteiger partial charge in [-0.2, -0.15) is 23.5 Å². The number of carbonyl (C=O) groups is 1. The molecule has 1 aliphatic rings. The summed E-state index contributed by atoms with van der Waals surface area (Å²) in [6.45, 7) is 0.372. The van der Waals surface area contributed by atoms with E-state index in [0.717, 1.165) is 17.3 Å². The maximum Gasteiger partial charge on any atom is 0.352 e. The van der Waals surface area contributed by atoms with Crippen LogP contribution < -0.4 is 4.72 Å². The molecule has 1 aromatic rings. The summed E-state index contributed by atoms with van der Waals surface area (Å²) in [5.41, 5.74) is -0.0482. The Kier molecular flexibility index (Phi) is 5.05. The number of sulfonamides is 1. The van der Waals surface area contributed by atoms with Crippen molar-refractivity contribution in [3.05, 3.63) is 18.0 Å². The second kappa shape index (κ2) is 6.42. The number of nitrogens with zero attached hydrogens (tertiary/aromatic N) is 1. The summed E-state index contributed by atoms with van der Waals surface area (Å²) in [6, 6.07) is 1.17. The fraction of sp³-hybridized carbons (Fsp3) is 0.545. The van der Waals surface area contributed by atoms with Gasteiger partial charge < -0.3 is 9.67 Å². The Morgan fingerprint density at radius 1 is 1.55 bits per heavy atom. The van der Waals surface area contributed by atoms with Crippen molar-refractivity contribution in [2.75, 3.05) is 23.8 Å². The number of thioether (sulfide) groups is 2. The molecule has 1 aromatic heterocycles. The second-order valence-corrected chi connectivity index (χ2v) is 8.72. The van der Waals surface area contributed by atoms with E-state index in [4.69, 9.17) is 5.11 Å². The average Bonchev–Trinajstić information content (AvgIpc) is 2.81. The molecule has 1 aliphatic heterocycles. The van der Waals surface area contributed by atoms with Crippen LogP contribution in [0.4, 0.5) is 0 Å². The predicted molar refractivity (Wildman–Crippen MR) is 81.1 cm³/mol. The van der Waals surface area contributed by atoms with E-state index in [9.17, 15) is 13.2 Å². The number of nitrogens with one attached hydrogen (secondary N) is 1. The molecule has 0 spiro atoms. The van der Waals surface area contributed by atoms with E-state index in [1.807, 2.05) is 11.8 Å². The van der Waals surface area contributed by atoms with E-state index in [0.29, 0.717) is 6.54 Å². The summed E-state index contributed by atoms with van der Waals surface area (Å²) < 4.78 is 28.1. The first-order valence-corrected chi connectivity index (χ1v) is 9.67. The van der Waals surface area contributed by atoms with E-state index < -0.39 is 16.0 Å². The Hall–Kier alpha value is -0.640. The molecule has 0 aromatic carbocycles. The maximum absolute atomic E-state index is 12.1. The van der Waals surface area contributed by atoms with Crippen LogP contribution in [0.25, 0.3) is 0 Å². The average molecular weight is 336 g/mol. The van der Waals surface area contributed by atoms with Gasteiger partial charge in [0.05, 0.1) is 0 Å². The molecule has 2 N–H and O–H groups in total. The van der Waals surface area contributed by atoms with E-state index in [1.54, 1.807) is 11.8 Å². The van der Waals surface area contributed by atoms with Crippen molar-refractivity contribution < 1.29 is 18.3 Å². The first kappa shape index (κ1) is 15.7. The molecule has 1 unspecified atom stereocenters. The zero-order valence-electron chi connectivity index (χ0n) is 10.9. The van der Waals surface area contributed by atoms with Gasteiger partial charge in [0, 0.05) is 42.3 Å². The van der Waals surface area contributed by atoms with E-state index in [2.05, 4.69) is 4.72 Å². The number of rotatable bonds is 5. The van der Waals surface area contributed by atoms with Gasteiger partial charge in [-0.05, 0) is 6.07 Å². The van der Waals surface area contributed by atoms with Crippen LogP contribution in [0.1, 0.15) is 10.5 Å². The standard InChI is InChI=1S/C11H16N2O4S3/c1-13-6-9(4-10(13)11(14)15)20(16,17)12-5-8-7-18-2-3-19-8/h4,6,8,12H,2-3,5,7H2,1H3,(H,14,15). The van der Waals surface area contributed by atoms with Gasteiger partial charge in [0.2, 0.25) is 10.0 Å². The number of aromatic nitrogens is 1. The lowest BCUT2D eigenvalue weighted by Gasteiger charge is -2.20. The molecule has 1 saturated heterocycles. The number of carboxylic acid groups (broad SMARTS) is 1. The minimum absolute atomic E-state index is 0.00846. The van der Waals surface area contributed by atoms with Crippen molar-refractivity contribution in [1.29, 1.82) is 0 Å². The Balaban J connectivity index is 2.06. The summed E-state index contributed by atoms with van der Waals surface area (Å²) in [4.78, 5) is 10.9. The summed E-state index contributed by atoms with van der Waals surface area (Å²) >= 11 is 3.59. The minimum atomic E-state index is -3.65. The lowest BCUT2D eigenvalue weighted by molar-refractivity contribution is 0.0686. The third-order valence-electron chi connectivity index (χ3n) is 2.90. The van der Waals surface area contributed by atoms with Crippen molar-refractivity contribution >= 4 is 39.5 Å². The number of aromatic carboxylic acids is 1. The number of aryl methyl sites for hydroxylation is 1. The normalized spacial score (nSPS) is 19.9. The first-order chi connectivity index (χ1) is 9.40. The molecule has 20 heavy (non-hydrogen) atoms. The van der Waals surface area contributed by atoms with Gasteiger partial charge in [0.25, 0.3) is 0 Å². The molecule has 0 radical (unpaired) electrons. The van der Waals surface area contributed by atoms with Gasteiger partial charge in [-0.15, -0.1) is 0 Å². The highest BCUT2D eigenvalue weighted by atomic mass is 32.2. The van der Waals surface area contributed by atoms with E-state index in [-0.39, 0.29) is 15.8 Å². The Bertz CT molecular complexity index is 591. The van der Waals surface area contributed by atoms with Crippen LogP contribution in [-0.4, -0.2) is 53.1 Å². The first-order valence-electron chi connectivity index (χ1n) is 5.99. The fourth-order valence-electron chi connectivity index (χ4n) is 1.83. The molecule has 2 heterocycles. The van der Waals surface area contributed by atoms with Crippen LogP contribution in [0.15, 0.2) is 17.2 Å². The lowest BCUT2D eigenvalue weighted by Crippen LogP contribution is -2.33. The van der Waals surface area contributed by atoms with Gasteiger partial charge >= 0.3 is 5.97 Å². The third-order valence-corrected chi connectivity index (χ3v) is 7.13. The van der Waals surface area contributed by atoms with Gasteiger partial charge in [-0.25, -0.2) is 17.9 Å². The summed E-state index contributed by atoms with van der Waals surface area (Å²) in [5, 5.41) is 9.21. The van der Waals surface area contributed by atoms with Crippen LogP contribution >= 0.6 is 23.5 Å². The zero-order valence-corrected chi connectivity index (χ0v) is 13.4.